The zero-order chi connectivity index (χ0) is 11.4. The van der Waals surface area contributed by atoms with E-state index in [1.165, 1.54) is 0 Å². The van der Waals surface area contributed by atoms with Crippen molar-refractivity contribution < 1.29 is 4.74 Å². The molecule has 1 fully saturated rings. The maximum absolute atomic E-state index is 5.40. The lowest BCUT2D eigenvalue weighted by Crippen LogP contribution is -2.52. The molecule has 1 aromatic rings. The van der Waals surface area contributed by atoms with Gasteiger partial charge in [0.15, 0.2) is 0 Å². The normalized spacial score (nSPS) is 16.0. The van der Waals surface area contributed by atoms with E-state index < -0.39 is 0 Å². The number of nitrogens with two attached hydrogens (primary N) is 1. The minimum absolute atomic E-state index is 0.329. The Morgan fingerprint density at radius 2 is 2.44 bits per heavy atom. The smallest absolute Gasteiger partial charge is 0.224 e. The first-order valence-electron chi connectivity index (χ1n) is 5.38. The van der Waals surface area contributed by atoms with Crippen molar-refractivity contribution >= 4 is 11.8 Å². The number of anilines is 2. The molecule has 0 bridgehead atoms. The van der Waals surface area contributed by atoms with Crippen LogP contribution in [0.1, 0.15) is 0 Å². The van der Waals surface area contributed by atoms with Crippen LogP contribution in [-0.4, -0.2) is 49.4 Å². The molecule has 2 heterocycles. The van der Waals surface area contributed by atoms with Gasteiger partial charge in [0.05, 0.1) is 6.10 Å². The second kappa shape index (κ2) is 5.09. The SMILES string of the molecule is COC1CN(c2ccnc(NCCN)n2)C1. The van der Waals surface area contributed by atoms with Gasteiger partial charge in [-0.1, -0.05) is 0 Å². The van der Waals surface area contributed by atoms with Gasteiger partial charge < -0.3 is 20.7 Å². The van der Waals surface area contributed by atoms with Gasteiger partial charge in [0.2, 0.25) is 5.95 Å². The summed E-state index contributed by atoms with van der Waals surface area (Å²) in [6.45, 7) is 3.04. The minimum Gasteiger partial charge on any atom is -0.378 e. The Morgan fingerprint density at radius 3 is 3.12 bits per heavy atom. The molecule has 0 aliphatic carbocycles. The number of aromatic nitrogens is 2. The second-order valence-electron chi connectivity index (χ2n) is 3.72. The van der Waals surface area contributed by atoms with Crippen LogP contribution in [-0.2, 0) is 4.74 Å². The molecule has 88 valence electrons. The number of ether oxygens (including phenoxy) is 1. The molecule has 6 heteroatoms. The van der Waals surface area contributed by atoms with Gasteiger partial charge in [-0.2, -0.15) is 4.98 Å². The lowest BCUT2D eigenvalue weighted by atomic mass is 10.2. The first kappa shape index (κ1) is 11.1. The summed E-state index contributed by atoms with van der Waals surface area (Å²) < 4.78 is 5.22. The highest BCUT2D eigenvalue weighted by Gasteiger charge is 2.27. The Balaban J connectivity index is 1.94. The van der Waals surface area contributed by atoms with Crippen LogP contribution in [0.2, 0.25) is 0 Å². The van der Waals surface area contributed by atoms with E-state index in [2.05, 4.69) is 20.2 Å². The summed E-state index contributed by atoms with van der Waals surface area (Å²) in [6.07, 6.45) is 2.08. The molecule has 1 aromatic heterocycles. The Morgan fingerprint density at radius 1 is 1.62 bits per heavy atom. The third kappa shape index (κ3) is 2.40. The number of hydrogen-bond acceptors (Lipinski definition) is 6. The van der Waals surface area contributed by atoms with Crippen molar-refractivity contribution in [3.8, 4) is 0 Å². The highest BCUT2D eigenvalue weighted by Crippen LogP contribution is 2.20. The van der Waals surface area contributed by atoms with E-state index in [1.54, 1.807) is 13.3 Å². The lowest BCUT2D eigenvalue weighted by Gasteiger charge is -2.38. The van der Waals surface area contributed by atoms with Crippen molar-refractivity contribution in [1.29, 1.82) is 0 Å². The Bertz CT molecular complexity index is 340. The molecule has 0 unspecified atom stereocenters. The van der Waals surface area contributed by atoms with Gasteiger partial charge in [-0.15, -0.1) is 0 Å². The molecular formula is C10H17N5O. The molecule has 1 aliphatic heterocycles. The van der Waals surface area contributed by atoms with Crippen LogP contribution in [0.15, 0.2) is 12.3 Å². The zero-order valence-electron chi connectivity index (χ0n) is 9.39. The fourth-order valence-electron chi connectivity index (χ4n) is 1.57. The molecule has 1 aliphatic rings. The average molecular weight is 223 g/mol. The summed E-state index contributed by atoms with van der Waals surface area (Å²) in [4.78, 5) is 10.7. The summed E-state index contributed by atoms with van der Waals surface area (Å²) >= 11 is 0. The molecule has 3 N–H and O–H groups in total. The van der Waals surface area contributed by atoms with Crippen LogP contribution >= 0.6 is 0 Å². The van der Waals surface area contributed by atoms with Crippen LogP contribution in [0.3, 0.4) is 0 Å². The summed E-state index contributed by atoms with van der Waals surface area (Å²) in [5, 5.41) is 3.06. The van der Waals surface area contributed by atoms with E-state index >= 15 is 0 Å². The maximum atomic E-state index is 5.40. The van der Waals surface area contributed by atoms with Crippen LogP contribution in [0.25, 0.3) is 0 Å². The van der Waals surface area contributed by atoms with Gasteiger partial charge in [-0.25, -0.2) is 4.98 Å². The molecule has 2 rings (SSSR count). The number of nitrogens with one attached hydrogen (secondary N) is 1. The number of methoxy groups -OCH3 is 1. The standard InChI is InChI=1S/C10H17N5O/c1-16-8-6-15(7-8)9-2-4-12-10(14-9)13-5-3-11/h2,4,8H,3,5-7,11H2,1H3,(H,12,13,14). The van der Waals surface area contributed by atoms with Crippen LogP contribution in [0.4, 0.5) is 11.8 Å². The predicted octanol–water partition coefficient (Wildman–Crippen LogP) is -0.318. The predicted molar refractivity (Wildman–Crippen MR) is 62.6 cm³/mol. The third-order valence-electron chi connectivity index (χ3n) is 2.57. The monoisotopic (exact) mass is 223 g/mol. The van der Waals surface area contributed by atoms with Gasteiger partial charge in [0.25, 0.3) is 0 Å². The van der Waals surface area contributed by atoms with E-state index in [9.17, 15) is 0 Å². The van der Waals surface area contributed by atoms with E-state index in [4.69, 9.17) is 10.5 Å². The largest absolute Gasteiger partial charge is 0.378 e. The molecule has 0 spiro atoms. The fraction of sp³-hybridized carbons (Fsp3) is 0.600. The highest BCUT2D eigenvalue weighted by atomic mass is 16.5. The van der Waals surface area contributed by atoms with Gasteiger partial charge in [-0.3, -0.25) is 0 Å². The minimum atomic E-state index is 0.329. The van der Waals surface area contributed by atoms with Crippen molar-refractivity contribution in [3.05, 3.63) is 12.3 Å². The van der Waals surface area contributed by atoms with Crippen molar-refractivity contribution in [1.82, 2.24) is 9.97 Å². The Labute approximate surface area is 94.8 Å². The third-order valence-corrected chi connectivity index (χ3v) is 2.57. The van der Waals surface area contributed by atoms with E-state index in [0.717, 1.165) is 18.9 Å². The molecule has 0 amide bonds. The summed E-state index contributed by atoms with van der Waals surface area (Å²) in [5.41, 5.74) is 5.40. The second-order valence-corrected chi connectivity index (χ2v) is 3.72. The average Bonchev–Trinajstić information content (AvgIpc) is 2.26. The van der Waals surface area contributed by atoms with Crippen molar-refractivity contribution in [3.63, 3.8) is 0 Å². The molecule has 6 nitrogen and oxygen atoms in total. The lowest BCUT2D eigenvalue weighted by molar-refractivity contribution is 0.0783. The summed E-state index contributed by atoms with van der Waals surface area (Å²) in [5.74, 6) is 1.56. The van der Waals surface area contributed by atoms with E-state index in [0.29, 0.717) is 25.1 Å². The van der Waals surface area contributed by atoms with E-state index in [-0.39, 0.29) is 0 Å². The van der Waals surface area contributed by atoms with Crippen molar-refractivity contribution in [2.75, 3.05) is 43.5 Å². The first-order valence-corrected chi connectivity index (χ1v) is 5.38. The quantitative estimate of drug-likeness (QED) is 0.712. The van der Waals surface area contributed by atoms with Gasteiger partial charge in [-0.05, 0) is 6.07 Å². The maximum Gasteiger partial charge on any atom is 0.224 e. The zero-order valence-corrected chi connectivity index (χ0v) is 9.39. The van der Waals surface area contributed by atoms with Gasteiger partial charge in [0.1, 0.15) is 5.82 Å². The molecular weight excluding hydrogens is 206 g/mol. The molecule has 0 radical (unpaired) electrons. The van der Waals surface area contributed by atoms with E-state index in [1.807, 2.05) is 6.07 Å². The van der Waals surface area contributed by atoms with Crippen LogP contribution in [0.5, 0.6) is 0 Å². The number of rotatable bonds is 5. The Hall–Kier alpha value is -1.40. The molecule has 1 saturated heterocycles. The topological polar surface area (TPSA) is 76.3 Å². The molecule has 0 saturated carbocycles. The molecule has 0 aromatic carbocycles. The van der Waals surface area contributed by atoms with Gasteiger partial charge in [0, 0.05) is 39.5 Å². The summed E-state index contributed by atoms with van der Waals surface area (Å²) in [6, 6.07) is 1.90. The van der Waals surface area contributed by atoms with Crippen molar-refractivity contribution in [2.45, 2.75) is 6.10 Å². The number of nitrogens with zero attached hydrogens (tertiary/aromatic N) is 3. The first-order chi connectivity index (χ1) is 7.83. The molecule has 0 atom stereocenters. The number of hydrogen-bond donors (Lipinski definition) is 2. The van der Waals surface area contributed by atoms with Gasteiger partial charge >= 0.3 is 0 Å². The van der Waals surface area contributed by atoms with Crippen LogP contribution < -0.4 is 16.0 Å². The Kier molecular flexibility index (Phi) is 3.53. The van der Waals surface area contributed by atoms with Crippen molar-refractivity contribution in [2.24, 2.45) is 5.73 Å². The fourth-order valence-corrected chi connectivity index (χ4v) is 1.57. The molecule has 16 heavy (non-hydrogen) atoms. The van der Waals surface area contributed by atoms with Crippen LogP contribution in [0, 0.1) is 0 Å². The highest BCUT2D eigenvalue weighted by molar-refractivity contribution is 5.45. The summed E-state index contributed by atoms with van der Waals surface area (Å²) in [7, 11) is 1.73.